The molecule has 1 aliphatic heterocycles. The number of amides is 2. The van der Waals surface area contributed by atoms with E-state index in [9.17, 15) is 19.1 Å². The highest BCUT2D eigenvalue weighted by Crippen LogP contribution is 2.14. The Kier molecular flexibility index (Phi) is 4.68. The summed E-state index contributed by atoms with van der Waals surface area (Å²) in [6, 6.07) is 5.28. The normalized spacial score (nSPS) is 16.3. The fraction of sp³-hybridized carbons (Fsp3) is 0.429. The molecule has 2 N–H and O–H groups in total. The van der Waals surface area contributed by atoms with Crippen LogP contribution < -0.4 is 5.32 Å². The van der Waals surface area contributed by atoms with E-state index in [2.05, 4.69) is 5.32 Å². The zero-order chi connectivity index (χ0) is 14.5. The van der Waals surface area contributed by atoms with Gasteiger partial charge in [0.15, 0.2) is 6.10 Å². The van der Waals surface area contributed by atoms with E-state index in [0.29, 0.717) is 19.5 Å². The summed E-state index contributed by atoms with van der Waals surface area (Å²) in [7, 11) is 0. The van der Waals surface area contributed by atoms with Gasteiger partial charge in [-0.2, -0.15) is 0 Å². The van der Waals surface area contributed by atoms with Crippen molar-refractivity contribution < 1.29 is 19.1 Å². The summed E-state index contributed by atoms with van der Waals surface area (Å²) in [6.07, 6.45) is -0.00145. The Hall–Kier alpha value is -1.95. The predicted octanol–water partition coefficient (Wildman–Crippen LogP) is 0.598. The molecule has 0 bridgehead atoms. The van der Waals surface area contributed by atoms with Gasteiger partial charge in [-0.1, -0.05) is 12.1 Å². The summed E-state index contributed by atoms with van der Waals surface area (Å²) in [5, 5.41) is 12.3. The Bertz CT molecular complexity index is 507. The third kappa shape index (κ3) is 3.54. The Morgan fingerprint density at radius 1 is 1.50 bits per heavy atom. The second-order valence-electron chi connectivity index (χ2n) is 4.73. The van der Waals surface area contributed by atoms with Gasteiger partial charge in [-0.3, -0.25) is 9.59 Å². The van der Waals surface area contributed by atoms with Gasteiger partial charge in [0, 0.05) is 26.1 Å². The number of halogens is 1. The lowest BCUT2D eigenvalue weighted by Crippen LogP contribution is -2.37. The molecule has 6 heteroatoms. The summed E-state index contributed by atoms with van der Waals surface area (Å²) >= 11 is 0. The molecule has 5 nitrogen and oxygen atoms in total. The molecule has 1 saturated heterocycles. The van der Waals surface area contributed by atoms with Crippen LogP contribution in [0.2, 0.25) is 0 Å². The summed E-state index contributed by atoms with van der Waals surface area (Å²) < 4.78 is 13.0. The van der Waals surface area contributed by atoms with E-state index in [4.69, 9.17) is 0 Å². The molecule has 0 aromatic heterocycles. The molecular weight excluding hydrogens is 263 g/mol. The van der Waals surface area contributed by atoms with Crippen LogP contribution in [-0.2, 0) is 9.59 Å². The fourth-order valence-electron chi connectivity index (χ4n) is 2.18. The number of hydrogen-bond acceptors (Lipinski definition) is 3. The maximum atomic E-state index is 13.0. The highest BCUT2D eigenvalue weighted by atomic mass is 19.1. The first-order valence-electron chi connectivity index (χ1n) is 6.57. The summed E-state index contributed by atoms with van der Waals surface area (Å²) in [5.41, 5.74) is 0.208. The smallest absolute Gasteiger partial charge is 0.253 e. The van der Waals surface area contributed by atoms with Crippen LogP contribution in [0, 0.1) is 5.82 Å². The van der Waals surface area contributed by atoms with E-state index in [1.165, 1.54) is 18.2 Å². The zero-order valence-electron chi connectivity index (χ0n) is 11.0. The second kappa shape index (κ2) is 6.47. The number of carbonyl (C=O) groups excluding carboxylic acids is 2. The minimum absolute atomic E-state index is 0.0879. The molecule has 0 saturated carbocycles. The first-order chi connectivity index (χ1) is 9.58. The summed E-state index contributed by atoms with van der Waals surface area (Å²) in [4.78, 5) is 24.8. The first kappa shape index (κ1) is 14.5. The number of aliphatic hydroxyl groups is 1. The van der Waals surface area contributed by atoms with Crippen molar-refractivity contribution in [1.29, 1.82) is 0 Å². The zero-order valence-corrected chi connectivity index (χ0v) is 11.0. The van der Waals surface area contributed by atoms with Crippen LogP contribution in [0.1, 0.15) is 24.5 Å². The van der Waals surface area contributed by atoms with Crippen LogP contribution in [0.4, 0.5) is 4.39 Å². The molecule has 20 heavy (non-hydrogen) atoms. The van der Waals surface area contributed by atoms with Crippen molar-refractivity contribution in [3.8, 4) is 0 Å². The molecule has 2 amide bonds. The van der Waals surface area contributed by atoms with Gasteiger partial charge in [0.05, 0.1) is 0 Å². The first-order valence-corrected chi connectivity index (χ1v) is 6.57. The van der Waals surface area contributed by atoms with Crippen molar-refractivity contribution >= 4 is 11.8 Å². The highest BCUT2D eigenvalue weighted by molar-refractivity contribution is 5.82. The standard InChI is InChI=1S/C14H17FN2O3/c15-11-4-1-3-10(9-11)13(19)14(20)16-6-8-17-7-2-5-12(17)18/h1,3-4,9,13,19H,2,5-8H2,(H,16,20)/t13-/m0/s1. The Labute approximate surface area is 116 Å². The van der Waals surface area contributed by atoms with E-state index >= 15 is 0 Å². The van der Waals surface area contributed by atoms with Crippen molar-refractivity contribution in [3.63, 3.8) is 0 Å². The topological polar surface area (TPSA) is 69.6 Å². The molecule has 108 valence electrons. The van der Waals surface area contributed by atoms with Gasteiger partial charge in [0.1, 0.15) is 5.82 Å². The molecule has 1 atom stereocenters. The number of nitrogens with zero attached hydrogens (tertiary/aromatic N) is 1. The van der Waals surface area contributed by atoms with Crippen LogP contribution in [-0.4, -0.2) is 41.5 Å². The second-order valence-corrected chi connectivity index (χ2v) is 4.73. The van der Waals surface area contributed by atoms with Crippen molar-refractivity contribution in [2.24, 2.45) is 0 Å². The lowest BCUT2D eigenvalue weighted by Gasteiger charge is -2.17. The average molecular weight is 280 g/mol. The van der Waals surface area contributed by atoms with E-state index in [-0.39, 0.29) is 18.0 Å². The number of benzene rings is 1. The number of carbonyl (C=O) groups is 2. The van der Waals surface area contributed by atoms with E-state index < -0.39 is 17.8 Å². The lowest BCUT2D eigenvalue weighted by molar-refractivity contribution is -0.131. The minimum Gasteiger partial charge on any atom is -0.378 e. The molecular formula is C14H17FN2O3. The third-order valence-electron chi connectivity index (χ3n) is 3.27. The van der Waals surface area contributed by atoms with Crippen LogP contribution in [0.15, 0.2) is 24.3 Å². The number of rotatable bonds is 5. The van der Waals surface area contributed by atoms with Crippen LogP contribution in [0.5, 0.6) is 0 Å². The molecule has 0 spiro atoms. The summed E-state index contributed by atoms with van der Waals surface area (Å²) in [6.45, 7) is 1.42. The molecule has 0 radical (unpaired) electrons. The van der Waals surface area contributed by atoms with Crippen LogP contribution >= 0.6 is 0 Å². The van der Waals surface area contributed by atoms with Gasteiger partial charge in [-0.15, -0.1) is 0 Å². The lowest BCUT2D eigenvalue weighted by atomic mass is 10.1. The monoisotopic (exact) mass is 280 g/mol. The Balaban J connectivity index is 1.81. The van der Waals surface area contributed by atoms with E-state index in [1.54, 1.807) is 4.90 Å². The molecule has 1 heterocycles. The molecule has 1 aliphatic rings. The van der Waals surface area contributed by atoms with Gasteiger partial charge in [-0.05, 0) is 24.1 Å². The highest BCUT2D eigenvalue weighted by Gasteiger charge is 2.21. The largest absolute Gasteiger partial charge is 0.378 e. The quantitative estimate of drug-likeness (QED) is 0.829. The van der Waals surface area contributed by atoms with Gasteiger partial charge in [-0.25, -0.2) is 4.39 Å². The van der Waals surface area contributed by atoms with E-state index in [1.807, 2.05) is 0 Å². The molecule has 1 aromatic carbocycles. The average Bonchev–Trinajstić information content (AvgIpc) is 2.83. The number of nitrogens with one attached hydrogen (secondary N) is 1. The number of hydrogen-bond donors (Lipinski definition) is 2. The summed E-state index contributed by atoms with van der Waals surface area (Å²) in [5.74, 6) is -1.01. The molecule has 2 rings (SSSR count). The number of likely N-dealkylation sites (tertiary alicyclic amines) is 1. The molecule has 1 aromatic rings. The predicted molar refractivity (Wildman–Crippen MR) is 70.2 cm³/mol. The van der Waals surface area contributed by atoms with E-state index in [0.717, 1.165) is 12.5 Å². The van der Waals surface area contributed by atoms with Gasteiger partial charge in [0.2, 0.25) is 5.91 Å². The van der Waals surface area contributed by atoms with Crippen molar-refractivity contribution in [2.75, 3.05) is 19.6 Å². The third-order valence-corrected chi connectivity index (χ3v) is 3.27. The van der Waals surface area contributed by atoms with Gasteiger partial charge in [0.25, 0.3) is 5.91 Å². The molecule has 0 aliphatic carbocycles. The minimum atomic E-state index is -1.40. The van der Waals surface area contributed by atoms with Crippen LogP contribution in [0.25, 0.3) is 0 Å². The Morgan fingerprint density at radius 3 is 2.95 bits per heavy atom. The fourth-order valence-corrected chi connectivity index (χ4v) is 2.18. The number of aliphatic hydroxyl groups excluding tert-OH is 1. The maximum Gasteiger partial charge on any atom is 0.253 e. The van der Waals surface area contributed by atoms with Crippen molar-refractivity contribution in [1.82, 2.24) is 10.2 Å². The molecule has 1 fully saturated rings. The Morgan fingerprint density at radius 2 is 2.30 bits per heavy atom. The van der Waals surface area contributed by atoms with Gasteiger partial charge < -0.3 is 15.3 Å². The SMILES string of the molecule is O=C(NCCN1CCCC1=O)[C@@H](O)c1cccc(F)c1. The van der Waals surface area contributed by atoms with Gasteiger partial charge >= 0.3 is 0 Å². The van der Waals surface area contributed by atoms with Crippen LogP contribution in [0.3, 0.4) is 0 Å². The maximum absolute atomic E-state index is 13.0. The molecule has 0 unspecified atom stereocenters. The van der Waals surface area contributed by atoms with Crippen molar-refractivity contribution in [2.45, 2.75) is 18.9 Å². The van der Waals surface area contributed by atoms with Crippen molar-refractivity contribution in [3.05, 3.63) is 35.6 Å².